The third-order valence-electron chi connectivity index (χ3n) is 4.17. The van der Waals surface area contributed by atoms with Gasteiger partial charge in [0.15, 0.2) is 0 Å². The lowest BCUT2D eigenvalue weighted by molar-refractivity contribution is 0.332. The van der Waals surface area contributed by atoms with Crippen LogP contribution < -0.4 is 0 Å². The predicted octanol–water partition coefficient (Wildman–Crippen LogP) is 6.86. The second-order valence-corrected chi connectivity index (χ2v) is 10.8. The first kappa shape index (κ1) is 26.4. The molecule has 0 fully saturated rings. The van der Waals surface area contributed by atoms with E-state index in [9.17, 15) is 18.9 Å². The average Bonchev–Trinajstić information content (AvgIpc) is 2.53. The zero-order valence-corrected chi connectivity index (χ0v) is 19.3. The van der Waals surface area contributed by atoms with Crippen LogP contribution in [0.1, 0.15) is 79.6 Å². The van der Waals surface area contributed by atoms with Crippen LogP contribution in [0, 0.1) is 0 Å². The van der Waals surface area contributed by atoms with E-state index in [0.29, 0.717) is 6.42 Å². The zero-order valence-electron chi connectivity index (χ0n) is 17.5. The van der Waals surface area contributed by atoms with E-state index in [-0.39, 0.29) is 13.0 Å². The van der Waals surface area contributed by atoms with E-state index in [1.165, 1.54) is 16.7 Å². The molecule has 0 spiro atoms. The molecule has 0 aliphatic rings. The summed E-state index contributed by atoms with van der Waals surface area (Å²) in [4.78, 5) is 18.7. The van der Waals surface area contributed by atoms with Crippen molar-refractivity contribution in [2.24, 2.45) is 0 Å². The van der Waals surface area contributed by atoms with E-state index >= 15 is 0 Å². The molecule has 0 rings (SSSR count). The summed E-state index contributed by atoms with van der Waals surface area (Å²) in [6, 6.07) is 0. The quantitative estimate of drug-likeness (QED) is 0.183. The van der Waals surface area contributed by atoms with Crippen molar-refractivity contribution in [1.82, 2.24) is 0 Å². The molecular formula is C20H37O5P2+. The van der Waals surface area contributed by atoms with Crippen molar-refractivity contribution >= 4 is 15.6 Å². The predicted molar refractivity (Wildman–Crippen MR) is 114 cm³/mol. The van der Waals surface area contributed by atoms with Gasteiger partial charge in [-0.05, 0) is 77.7 Å². The van der Waals surface area contributed by atoms with Crippen LogP contribution >= 0.6 is 15.6 Å². The van der Waals surface area contributed by atoms with Crippen LogP contribution in [0.2, 0.25) is 0 Å². The van der Waals surface area contributed by atoms with Crippen LogP contribution in [-0.2, 0) is 13.7 Å². The maximum absolute atomic E-state index is 11.8. The molecule has 7 heteroatoms. The van der Waals surface area contributed by atoms with Gasteiger partial charge in [-0.15, -0.1) is 4.52 Å². The Morgan fingerprint density at radius 2 is 1.52 bits per heavy atom. The fourth-order valence-electron chi connectivity index (χ4n) is 2.60. The van der Waals surface area contributed by atoms with Crippen LogP contribution in [0.15, 0.2) is 34.9 Å². The summed E-state index contributed by atoms with van der Waals surface area (Å²) in [5.41, 5.74) is 4.03. The van der Waals surface area contributed by atoms with Crippen molar-refractivity contribution in [3.63, 3.8) is 0 Å². The molecule has 0 radical (unpaired) electrons. The number of allylic oxidation sites excluding steroid dienone is 6. The fourth-order valence-corrected chi connectivity index (χ4v) is 5.12. The lowest BCUT2D eigenvalue weighted by Crippen LogP contribution is -2.05. The van der Waals surface area contributed by atoms with E-state index in [1.54, 1.807) is 6.92 Å². The van der Waals surface area contributed by atoms with Crippen LogP contribution in [0.4, 0.5) is 0 Å². The first-order valence-electron chi connectivity index (χ1n) is 9.67. The lowest BCUT2D eigenvalue weighted by atomic mass is 10.1. The molecule has 0 saturated carbocycles. The summed E-state index contributed by atoms with van der Waals surface area (Å²) in [6.45, 7) is 10.3. The Hall–Kier alpha value is -0.570. The molecule has 0 aromatic heterocycles. The van der Waals surface area contributed by atoms with Gasteiger partial charge in [0, 0.05) is 6.42 Å². The molecule has 0 heterocycles. The minimum absolute atomic E-state index is 0.186. The van der Waals surface area contributed by atoms with E-state index < -0.39 is 21.0 Å². The van der Waals surface area contributed by atoms with Gasteiger partial charge in [0.1, 0.15) is 0 Å². The van der Waals surface area contributed by atoms with Gasteiger partial charge < -0.3 is 9.79 Å². The molecule has 5 nitrogen and oxygen atoms in total. The Bertz CT molecular complexity index is 583. The molecule has 0 aromatic rings. The van der Waals surface area contributed by atoms with Crippen LogP contribution in [-0.4, -0.2) is 21.8 Å². The molecule has 156 valence electrons. The van der Waals surface area contributed by atoms with Gasteiger partial charge in [-0.3, -0.25) is 4.57 Å². The third kappa shape index (κ3) is 14.1. The zero-order chi connectivity index (χ0) is 20.9. The van der Waals surface area contributed by atoms with E-state index in [1.807, 2.05) is 0 Å². The SMILES string of the molecule is CCO[P+](=O)C(CCC/C=C(\C)CC/C=C(\C)CCC=C(C)C)P(=O)(O)O. The molecule has 0 aliphatic heterocycles. The van der Waals surface area contributed by atoms with Gasteiger partial charge >= 0.3 is 15.6 Å². The van der Waals surface area contributed by atoms with Gasteiger partial charge in [-0.2, -0.15) is 0 Å². The second kappa shape index (κ2) is 14.4. The summed E-state index contributed by atoms with van der Waals surface area (Å²) in [5.74, 6) is 0. The Labute approximate surface area is 166 Å². The summed E-state index contributed by atoms with van der Waals surface area (Å²) in [7, 11) is -6.75. The summed E-state index contributed by atoms with van der Waals surface area (Å²) >= 11 is 0. The largest absolute Gasteiger partial charge is 0.524 e. The van der Waals surface area contributed by atoms with Crippen molar-refractivity contribution in [3.05, 3.63) is 34.9 Å². The Balaban J connectivity index is 4.29. The second-order valence-electron chi connectivity index (χ2n) is 7.16. The van der Waals surface area contributed by atoms with Gasteiger partial charge in [0.2, 0.25) is 0 Å². The minimum atomic E-state index is -4.41. The molecule has 0 bridgehead atoms. The van der Waals surface area contributed by atoms with Crippen LogP contribution in [0.25, 0.3) is 0 Å². The molecule has 27 heavy (non-hydrogen) atoms. The van der Waals surface area contributed by atoms with Crippen molar-refractivity contribution in [2.75, 3.05) is 6.61 Å². The van der Waals surface area contributed by atoms with E-state index in [2.05, 4.69) is 45.9 Å². The van der Waals surface area contributed by atoms with Crippen molar-refractivity contribution in [3.8, 4) is 0 Å². The summed E-state index contributed by atoms with van der Waals surface area (Å²) < 4.78 is 28.3. The van der Waals surface area contributed by atoms with Gasteiger partial charge in [0.05, 0.1) is 6.61 Å². The Morgan fingerprint density at radius 3 is 2.00 bits per heavy atom. The van der Waals surface area contributed by atoms with Crippen molar-refractivity contribution < 1.29 is 23.4 Å². The monoisotopic (exact) mass is 419 g/mol. The highest BCUT2D eigenvalue weighted by molar-refractivity contribution is 7.65. The average molecular weight is 419 g/mol. The highest BCUT2D eigenvalue weighted by Crippen LogP contribution is 2.55. The minimum Gasteiger partial charge on any atom is -0.321 e. The number of rotatable bonds is 14. The van der Waals surface area contributed by atoms with Gasteiger partial charge in [0.25, 0.3) is 5.40 Å². The highest BCUT2D eigenvalue weighted by atomic mass is 31.2. The lowest BCUT2D eigenvalue weighted by Gasteiger charge is -2.07. The fraction of sp³-hybridized carbons (Fsp3) is 0.700. The first-order chi connectivity index (χ1) is 12.6. The molecule has 0 aromatic carbocycles. The van der Waals surface area contributed by atoms with E-state index in [4.69, 9.17) is 4.52 Å². The van der Waals surface area contributed by atoms with Crippen molar-refractivity contribution in [1.29, 1.82) is 0 Å². The molecule has 0 aliphatic carbocycles. The number of hydrogen-bond acceptors (Lipinski definition) is 3. The molecule has 2 unspecified atom stereocenters. The number of unbranched alkanes of at least 4 members (excludes halogenated alkanes) is 1. The number of hydrogen-bond donors (Lipinski definition) is 2. The molecular weight excluding hydrogens is 382 g/mol. The molecule has 2 atom stereocenters. The molecule has 0 saturated heterocycles. The van der Waals surface area contributed by atoms with Crippen molar-refractivity contribution in [2.45, 2.75) is 85.0 Å². The summed E-state index contributed by atoms with van der Waals surface area (Å²) in [6.07, 6.45) is 12.3. The normalized spacial score (nSPS) is 14.9. The Morgan fingerprint density at radius 1 is 1.00 bits per heavy atom. The van der Waals surface area contributed by atoms with Gasteiger partial charge in [-0.25, -0.2) is 0 Å². The molecule has 0 amide bonds. The smallest absolute Gasteiger partial charge is 0.321 e. The maximum Gasteiger partial charge on any atom is 0.524 e. The van der Waals surface area contributed by atoms with Crippen LogP contribution in [0.3, 0.4) is 0 Å². The molecule has 2 N–H and O–H groups in total. The van der Waals surface area contributed by atoms with E-state index in [0.717, 1.165) is 32.1 Å². The van der Waals surface area contributed by atoms with Crippen LogP contribution in [0.5, 0.6) is 0 Å². The third-order valence-corrected chi connectivity index (χ3v) is 7.93. The maximum atomic E-state index is 11.8. The topological polar surface area (TPSA) is 83.8 Å². The van der Waals surface area contributed by atoms with Gasteiger partial charge in [-0.1, -0.05) is 34.9 Å². The highest BCUT2D eigenvalue weighted by Gasteiger charge is 2.46. The Kier molecular flexibility index (Phi) is 14.1. The standard InChI is InChI=1S/C20H36O5P2/c1-6-25-26(21)20(27(22,23)24)16-8-7-12-18(4)14-10-15-19(5)13-9-11-17(2)3/h11-12,15,20H,6-10,13-14,16H2,1-5H3,(H-,22,23,24)/p+1/b18-12+,19-15+. The summed E-state index contributed by atoms with van der Waals surface area (Å²) in [5, 5.41) is -1.20. The first-order valence-corrected chi connectivity index (χ1v) is 12.6.